The first kappa shape index (κ1) is 11.6. The van der Waals surface area contributed by atoms with Gasteiger partial charge in [-0.1, -0.05) is 37.6 Å². The summed E-state index contributed by atoms with van der Waals surface area (Å²) in [7, 11) is 0. The Morgan fingerprint density at radius 3 is 2.88 bits per heavy atom. The quantitative estimate of drug-likeness (QED) is 0.797. The highest BCUT2D eigenvalue weighted by Crippen LogP contribution is 2.19. The number of nitrogens with zero attached hydrogens (tertiary/aromatic N) is 2. The molecule has 1 aromatic heterocycles. The molecule has 0 saturated carbocycles. The molecule has 0 aliphatic carbocycles. The first-order valence-corrected chi connectivity index (χ1v) is 5.86. The smallest absolute Gasteiger partial charge is 0.247 e. The van der Waals surface area contributed by atoms with E-state index in [1.54, 1.807) is 6.92 Å². The van der Waals surface area contributed by atoms with Crippen LogP contribution in [0.5, 0.6) is 0 Å². The van der Waals surface area contributed by atoms with Gasteiger partial charge in [-0.05, 0) is 24.1 Å². The number of allylic oxidation sites excluding steroid dienone is 1. The molecule has 3 nitrogen and oxygen atoms in total. The maximum absolute atomic E-state index is 5.40. The van der Waals surface area contributed by atoms with E-state index in [0.29, 0.717) is 11.8 Å². The van der Waals surface area contributed by atoms with Gasteiger partial charge >= 0.3 is 0 Å². The molecule has 0 unspecified atom stereocenters. The normalized spacial score (nSPS) is 11.2. The number of rotatable bonds is 4. The zero-order valence-corrected chi connectivity index (χ0v) is 10.2. The van der Waals surface area contributed by atoms with Crippen molar-refractivity contribution in [2.75, 3.05) is 0 Å². The van der Waals surface area contributed by atoms with Crippen LogP contribution in [-0.2, 0) is 0 Å². The van der Waals surface area contributed by atoms with Crippen LogP contribution in [-0.4, -0.2) is 10.2 Å². The molecule has 0 fully saturated rings. The van der Waals surface area contributed by atoms with Gasteiger partial charge in [0.2, 0.25) is 11.8 Å². The lowest BCUT2D eigenvalue weighted by atomic mass is 10.1. The van der Waals surface area contributed by atoms with Gasteiger partial charge in [-0.25, -0.2) is 0 Å². The topological polar surface area (TPSA) is 38.9 Å². The molecule has 1 heterocycles. The molecule has 3 heteroatoms. The predicted octanol–water partition coefficient (Wildman–Crippen LogP) is 3.86. The van der Waals surface area contributed by atoms with Crippen molar-refractivity contribution < 1.29 is 4.42 Å². The van der Waals surface area contributed by atoms with Gasteiger partial charge in [0.15, 0.2) is 0 Å². The molecular formula is C14H16N2O. The summed E-state index contributed by atoms with van der Waals surface area (Å²) >= 11 is 0. The van der Waals surface area contributed by atoms with E-state index in [4.69, 9.17) is 4.42 Å². The van der Waals surface area contributed by atoms with Crippen molar-refractivity contribution in [3.8, 4) is 11.5 Å². The van der Waals surface area contributed by atoms with Crippen molar-refractivity contribution in [3.05, 3.63) is 41.8 Å². The van der Waals surface area contributed by atoms with Gasteiger partial charge in [-0.2, -0.15) is 0 Å². The number of benzene rings is 1. The monoisotopic (exact) mass is 228 g/mol. The van der Waals surface area contributed by atoms with Crippen LogP contribution in [0, 0.1) is 6.92 Å². The minimum absolute atomic E-state index is 0.577. The molecule has 0 radical (unpaired) electrons. The third-order valence-corrected chi connectivity index (χ3v) is 2.43. The molecule has 0 aliphatic heterocycles. The van der Waals surface area contributed by atoms with Crippen LogP contribution in [0.15, 0.2) is 34.8 Å². The van der Waals surface area contributed by atoms with Crippen molar-refractivity contribution >= 4 is 6.08 Å². The third kappa shape index (κ3) is 3.03. The van der Waals surface area contributed by atoms with Gasteiger partial charge in [-0.15, -0.1) is 10.2 Å². The van der Waals surface area contributed by atoms with Crippen LogP contribution in [0.1, 0.15) is 31.2 Å². The molecule has 17 heavy (non-hydrogen) atoms. The highest BCUT2D eigenvalue weighted by Gasteiger charge is 2.05. The molecule has 0 saturated heterocycles. The van der Waals surface area contributed by atoms with Crippen LogP contribution in [0.3, 0.4) is 0 Å². The van der Waals surface area contributed by atoms with Gasteiger partial charge in [0, 0.05) is 12.5 Å². The van der Waals surface area contributed by atoms with Gasteiger partial charge < -0.3 is 4.42 Å². The van der Waals surface area contributed by atoms with Crippen LogP contribution < -0.4 is 0 Å². The lowest BCUT2D eigenvalue weighted by Crippen LogP contribution is -1.79. The molecule has 0 atom stereocenters. The SMILES string of the molecule is CCCC=Cc1cccc(-c2nnc(C)o2)c1. The van der Waals surface area contributed by atoms with E-state index in [9.17, 15) is 0 Å². The number of hydrogen-bond donors (Lipinski definition) is 0. The van der Waals surface area contributed by atoms with Crippen LogP contribution in [0.25, 0.3) is 17.5 Å². The van der Waals surface area contributed by atoms with Crippen LogP contribution >= 0.6 is 0 Å². The van der Waals surface area contributed by atoms with E-state index in [2.05, 4.69) is 41.4 Å². The highest BCUT2D eigenvalue weighted by molar-refractivity contribution is 5.60. The maximum Gasteiger partial charge on any atom is 0.247 e. The Balaban J connectivity index is 2.22. The molecule has 2 aromatic rings. The van der Waals surface area contributed by atoms with E-state index in [0.717, 1.165) is 17.5 Å². The molecule has 0 amide bonds. The molecule has 88 valence electrons. The van der Waals surface area contributed by atoms with Gasteiger partial charge in [0.1, 0.15) is 0 Å². The fourth-order valence-electron chi connectivity index (χ4n) is 1.57. The standard InChI is InChI=1S/C14H16N2O/c1-3-4-5-7-12-8-6-9-13(10-12)14-16-15-11(2)17-14/h5-10H,3-4H2,1-2H3. The lowest BCUT2D eigenvalue weighted by molar-refractivity contribution is 0.533. The van der Waals surface area contributed by atoms with Crippen molar-refractivity contribution in [1.82, 2.24) is 10.2 Å². The van der Waals surface area contributed by atoms with Crippen molar-refractivity contribution in [3.63, 3.8) is 0 Å². The minimum Gasteiger partial charge on any atom is -0.421 e. The fraction of sp³-hybridized carbons (Fsp3) is 0.286. The van der Waals surface area contributed by atoms with Crippen LogP contribution in [0.2, 0.25) is 0 Å². The second kappa shape index (κ2) is 5.43. The van der Waals surface area contributed by atoms with E-state index in [-0.39, 0.29) is 0 Å². The van der Waals surface area contributed by atoms with Crippen molar-refractivity contribution in [2.24, 2.45) is 0 Å². The Bertz CT molecular complexity index is 514. The largest absolute Gasteiger partial charge is 0.421 e. The number of hydrogen-bond acceptors (Lipinski definition) is 3. The Hall–Kier alpha value is -1.90. The molecule has 0 spiro atoms. The number of aromatic nitrogens is 2. The first-order valence-electron chi connectivity index (χ1n) is 5.86. The Kier molecular flexibility index (Phi) is 3.70. The van der Waals surface area contributed by atoms with Gasteiger partial charge in [-0.3, -0.25) is 0 Å². The summed E-state index contributed by atoms with van der Waals surface area (Å²) in [4.78, 5) is 0. The minimum atomic E-state index is 0.577. The Morgan fingerprint density at radius 1 is 1.29 bits per heavy atom. The van der Waals surface area contributed by atoms with E-state index < -0.39 is 0 Å². The molecule has 0 aliphatic rings. The second-order valence-corrected chi connectivity index (χ2v) is 3.94. The number of aryl methyl sites for hydroxylation is 1. The summed E-state index contributed by atoms with van der Waals surface area (Å²) in [5.41, 5.74) is 2.12. The van der Waals surface area contributed by atoms with Crippen molar-refractivity contribution in [1.29, 1.82) is 0 Å². The lowest BCUT2D eigenvalue weighted by Gasteiger charge is -1.97. The first-order chi connectivity index (χ1) is 8.29. The highest BCUT2D eigenvalue weighted by atomic mass is 16.4. The Labute approximate surface area is 101 Å². The van der Waals surface area contributed by atoms with E-state index >= 15 is 0 Å². The summed E-state index contributed by atoms with van der Waals surface area (Å²) in [6, 6.07) is 8.10. The summed E-state index contributed by atoms with van der Waals surface area (Å²) in [6.45, 7) is 3.96. The maximum atomic E-state index is 5.40. The second-order valence-electron chi connectivity index (χ2n) is 3.94. The molecular weight excluding hydrogens is 212 g/mol. The molecule has 2 rings (SSSR count). The summed E-state index contributed by atoms with van der Waals surface area (Å²) < 4.78 is 5.40. The molecule has 0 bridgehead atoms. The Morgan fingerprint density at radius 2 is 2.18 bits per heavy atom. The third-order valence-electron chi connectivity index (χ3n) is 2.43. The summed E-state index contributed by atoms with van der Waals surface area (Å²) in [5, 5.41) is 7.85. The predicted molar refractivity (Wildman–Crippen MR) is 68.4 cm³/mol. The zero-order valence-electron chi connectivity index (χ0n) is 10.2. The summed E-state index contributed by atoms with van der Waals surface area (Å²) in [5.74, 6) is 1.17. The average Bonchev–Trinajstić information content (AvgIpc) is 2.77. The average molecular weight is 228 g/mol. The van der Waals surface area contributed by atoms with Crippen LogP contribution in [0.4, 0.5) is 0 Å². The summed E-state index contributed by atoms with van der Waals surface area (Å²) in [6.07, 6.45) is 6.57. The molecule has 0 N–H and O–H groups in total. The number of unbranched alkanes of at least 4 members (excludes halogenated alkanes) is 1. The fourth-order valence-corrected chi connectivity index (χ4v) is 1.57. The molecule has 1 aromatic carbocycles. The van der Waals surface area contributed by atoms with Crippen molar-refractivity contribution in [2.45, 2.75) is 26.7 Å². The van der Waals surface area contributed by atoms with Gasteiger partial charge in [0.25, 0.3) is 0 Å². The van der Waals surface area contributed by atoms with E-state index in [1.165, 1.54) is 6.42 Å². The van der Waals surface area contributed by atoms with Gasteiger partial charge in [0.05, 0.1) is 0 Å². The van der Waals surface area contributed by atoms with E-state index in [1.807, 2.05) is 12.1 Å². The zero-order chi connectivity index (χ0) is 12.1.